The predicted molar refractivity (Wildman–Crippen MR) is 44.0 cm³/mol. The summed E-state index contributed by atoms with van der Waals surface area (Å²) in [5.41, 5.74) is 2.54. The number of aromatic nitrogens is 1. The van der Waals surface area contributed by atoms with Crippen LogP contribution in [0.3, 0.4) is 0 Å². The molecule has 0 aliphatic heterocycles. The van der Waals surface area contributed by atoms with Gasteiger partial charge in [0.15, 0.2) is 0 Å². The average Bonchev–Trinajstić information content (AvgIpc) is 2.31. The summed E-state index contributed by atoms with van der Waals surface area (Å²) in [6.45, 7) is 5.74. The van der Waals surface area contributed by atoms with E-state index in [0.717, 1.165) is 12.8 Å². The minimum atomic E-state index is 1.06. The first-order valence-electron chi connectivity index (χ1n) is 3.58. The van der Waals surface area contributed by atoms with Crippen molar-refractivity contribution in [3.05, 3.63) is 36.2 Å². The molecular weight excluding hydrogens is 122 g/mol. The number of hydrogen-bond donors (Lipinski definition) is 1. The van der Waals surface area contributed by atoms with Crippen LogP contribution in [0.5, 0.6) is 0 Å². The maximum atomic E-state index is 3.67. The molecule has 1 heterocycles. The van der Waals surface area contributed by atoms with Crippen molar-refractivity contribution in [1.29, 1.82) is 0 Å². The van der Waals surface area contributed by atoms with E-state index in [-0.39, 0.29) is 0 Å². The molecule has 0 aromatic carbocycles. The van der Waals surface area contributed by atoms with E-state index in [1.54, 1.807) is 0 Å². The molecule has 0 radical (unpaired) electrons. The first-order chi connectivity index (χ1) is 4.83. The van der Waals surface area contributed by atoms with Crippen LogP contribution >= 0.6 is 0 Å². The van der Waals surface area contributed by atoms with Crippen LogP contribution in [0.4, 0.5) is 0 Å². The van der Waals surface area contributed by atoms with E-state index in [1.807, 2.05) is 6.08 Å². The molecule has 1 nitrogen and oxygen atoms in total. The van der Waals surface area contributed by atoms with Gasteiger partial charge in [-0.15, -0.1) is 6.58 Å². The molecule has 0 aliphatic carbocycles. The zero-order valence-corrected chi connectivity index (χ0v) is 6.35. The van der Waals surface area contributed by atoms with Crippen molar-refractivity contribution in [3.63, 3.8) is 0 Å². The third-order valence-corrected chi connectivity index (χ3v) is 1.51. The largest absolute Gasteiger partial charge is 0.362 e. The zero-order chi connectivity index (χ0) is 7.40. The molecule has 1 N–H and O–H groups in total. The van der Waals surface area contributed by atoms with E-state index >= 15 is 0 Å². The molecule has 0 amide bonds. The fourth-order valence-corrected chi connectivity index (χ4v) is 0.966. The van der Waals surface area contributed by atoms with Gasteiger partial charge in [0.05, 0.1) is 0 Å². The summed E-state index contributed by atoms with van der Waals surface area (Å²) < 4.78 is 0. The van der Waals surface area contributed by atoms with Crippen molar-refractivity contribution >= 4 is 0 Å². The van der Waals surface area contributed by atoms with Gasteiger partial charge in [-0.25, -0.2) is 0 Å². The van der Waals surface area contributed by atoms with E-state index in [4.69, 9.17) is 0 Å². The molecule has 1 rings (SSSR count). The molecule has 1 aromatic heterocycles. The van der Waals surface area contributed by atoms with Crippen molar-refractivity contribution in [2.45, 2.75) is 19.8 Å². The lowest BCUT2D eigenvalue weighted by Gasteiger charge is -1.90. The van der Waals surface area contributed by atoms with Gasteiger partial charge in [-0.05, 0) is 31.9 Å². The molecule has 0 unspecified atom stereocenters. The van der Waals surface area contributed by atoms with Gasteiger partial charge in [-0.3, -0.25) is 0 Å². The molecular formula is C9H13N. The smallest absolute Gasteiger partial charge is 0.0152 e. The van der Waals surface area contributed by atoms with Crippen LogP contribution < -0.4 is 0 Å². The SMILES string of the molecule is C=CCCc1ccc(C)[nH]1. The van der Waals surface area contributed by atoms with Crippen molar-refractivity contribution in [3.8, 4) is 0 Å². The molecule has 0 atom stereocenters. The van der Waals surface area contributed by atoms with Gasteiger partial charge < -0.3 is 4.98 Å². The molecule has 0 aliphatic rings. The topological polar surface area (TPSA) is 15.8 Å². The highest BCUT2D eigenvalue weighted by atomic mass is 14.7. The average molecular weight is 135 g/mol. The first kappa shape index (κ1) is 7.13. The summed E-state index contributed by atoms with van der Waals surface area (Å²) in [4.78, 5) is 3.26. The van der Waals surface area contributed by atoms with E-state index in [0.29, 0.717) is 0 Å². The minimum Gasteiger partial charge on any atom is -0.362 e. The number of nitrogens with one attached hydrogen (secondary N) is 1. The number of allylic oxidation sites excluding steroid dienone is 1. The van der Waals surface area contributed by atoms with Gasteiger partial charge in [0.1, 0.15) is 0 Å². The highest BCUT2D eigenvalue weighted by Gasteiger charge is 1.91. The van der Waals surface area contributed by atoms with Gasteiger partial charge in [0.2, 0.25) is 0 Å². The fraction of sp³-hybridized carbons (Fsp3) is 0.333. The normalized spacial score (nSPS) is 9.70. The third-order valence-electron chi connectivity index (χ3n) is 1.51. The first-order valence-corrected chi connectivity index (χ1v) is 3.58. The molecule has 0 spiro atoms. The van der Waals surface area contributed by atoms with E-state index in [2.05, 4.69) is 30.6 Å². The maximum Gasteiger partial charge on any atom is 0.0152 e. The van der Waals surface area contributed by atoms with Gasteiger partial charge in [-0.2, -0.15) is 0 Å². The Kier molecular flexibility index (Phi) is 2.32. The Morgan fingerprint density at radius 1 is 1.60 bits per heavy atom. The van der Waals surface area contributed by atoms with Crippen LogP contribution in [0.15, 0.2) is 24.8 Å². The second-order valence-corrected chi connectivity index (χ2v) is 2.49. The standard InChI is InChI=1S/C9H13N/c1-3-4-5-9-7-6-8(2)10-9/h3,6-7,10H,1,4-5H2,2H3. The number of aryl methyl sites for hydroxylation is 2. The van der Waals surface area contributed by atoms with E-state index < -0.39 is 0 Å². The van der Waals surface area contributed by atoms with Crippen LogP contribution in [0.1, 0.15) is 17.8 Å². The van der Waals surface area contributed by atoms with Crippen molar-refractivity contribution in [1.82, 2.24) is 4.98 Å². The second kappa shape index (κ2) is 3.25. The summed E-state index contributed by atoms with van der Waals surface area (Å²) in [5, 5.41) is 0. The number of rotatable bonds is 3. The lowest BCUT2D eigenvalue weighted by molar-refractivity contribution is 0.952. The lowest BCUT2D eigenvalue weighted by Crippen LogP contribution is -1.82. The molecule has 54 valence electrons. The third kappa shape index (κ3) is 1.76. The van der Waals surface area contributed by atoms with Gasteiger partial charge in [0.25, 0.3) is 0 Å². The van der Waals surface area contributed by atoms with Crippen LogP contribution in [0, 0.1) is 6.92 Å². The Labute approximate surface area is 61.8 Å². The Morgan fingerprint density at radius 3 is 2.90 bits per heavy atom. The Bertz CT molecular complexity index is 210. The summed E-state index contributed by atoms with van der Waals surface area (Å²) in [6, 6.07) is 4.22. The van der Waals surface area contributed by atoms with Gasteiger partial charge >= 0.3 is 0 Å². The lowest BCUT2D eigenvalue weighted by atomic mass is 10.2. The number of hydrogen-bond acceptors (Lipinski definition) is 0. The van der Waals surface area contributed by atoms with Crippen molar-refractivity contribution < 1.29 is 0 Å². The Morgan fingerprint density at radius 2 is 2.40 bits per heavy atom. The highest BCUT2D eigenvalue weighted by molar-refractivity contribution is 5.11. The predicted octanol–water partition coefficient (Wildman–Crippen LogP) is 2.44. The summed E-state index contributed by atoms with van der Waals surface area (Å²) in [5.74, 6) is 0. The molecule has 1 heteroatoms. The van der Waals surface area contributed by atoms with Crippen molar-refractivity contribution in [2.75, 3.05) is 0 Å². The highest BCUT2D eigenvalue weighted by Crippen LogP contribution is 2.02. The van der Waals surface area contributed by atoms with Gasteiger partial charge in [0, 0.05) is 11.4 Å². The number of aromatic amines is 1. The summed E-state index contributed by atoms with van der Waals surface area (Å²) in [6.07, 6.45) is 4.08. The Balaban J connectivity index is 2.49. The van der Waals surface area contributed by atoms with Crippen molar-refractivity contribution in [2.24, 2.45) is 0 Å². The quantitative estimate of drug-likeness (QED) is 0.613. The van der Waals surface area contributed by atoms with E-state index in [9.17, 15) is 0 Å². The molecule has 0 bridgehead atoms. The second-order valence-electron chi connectivity index (χ2n) is 2.49. The molecule has 10 heavy (non-hydrogen) atoms. The van der Waals surface area contributed by atoms with Gasteiger partial charge in [-0.1, -0.05) is 6.08 Å². The molecule has 0 saturated heterocycles. The minimum absolute atomic E-state index is 1.06. The van der Waals surface area contributed by atoms with Crippen LogP contribution in [0.2, 0.25) is 0 Å². The summed E-state index contributed by atoms with van der Waals surface area (Å²) >= 11 is 0. The van der Waals surface area contributed by atoms with Crippen LogP contribution in [-0.4, -0.2) is 4.98 Å². The van der Waals surface area contributed by atoms with Crippen LogP contribution in [0.25, 0.3) is 0 Å². The summed E-state index contributed by atoms with van der Waals surface area (Å²) in [7, 11) is 0. The zero-order valence-electron chi connectivity index (χ0n) is 6.35. The number of H-pyrrole nitrogens is 1. The molecule has 0 saturated carbocycles. The van der Waals surface area contributed by atoms with Crippen LogP contribution in [-0.2, 0) is 6.42 Å². The molecule has 1 aromatic rings. The fourth-order valence-electron chi connectivity index (χ4n) is 0.966. The molecule has 0 fully saturated rings. The Hall–Kier alpha value is -0.980. The monoisotopic (exact) mass is 135 g/mol. The maximum absolute atomic E-state index is 3.67. The van der Waals surface area contributed by atoms with E-state index in [1.165, 1.54) is 11.4 Å².